The lowest BCUT2D eigenvalue weighted by Gasteiger charge is -2.21. The summed E-state index contributed by atoms with van der Waals surface area (Å²) in [7, 11) is 2.14. The van der Waals surface area contributed by atoms with Crippen molar-refractivity contribution in [2.75, 3.05) is 20.1 Å². The highest BCUT2D eigenvalue weighted by molar-refractivity contribution is 5.63. The van der Waals surface area contributed by atoms with Gasteiger partial charge in [0.2, 0.25) is 0 Å². The Morgan fingerprint density at radius 3 is 3.07 bits per heavy atom. The molecule has 4 nitrogen and oxygen atoms in total. The minimum atomic E-state index is 0.906. The van der Waals surface area contributed by atoms with Crippen LogP contribution < -0.4 is 0 Å². The van der Waals surface area contributed by atoms with E-state index in [-0.39, 0.29) is 0 Å². The van der Waals surface area contributed by atoms with Crippen molar-refractivity contribution >= 4 is 5.57 Å². The lowest BCUT2D eigenvalue weighted by molar-refractivity contribution is 0.372. The summed E-state index contributed by atoms with van der Waals surface area (Å²) in [6.07, 6.45) is 6.35. The van der Waals surface area contributed by atoms with Crippen molar-refractivity contribution < 1.29 is 0 Å². The standard InChI is InChI=1S/C11H18N4/c1-3-6-15-12-8-11(13-15)10-5-4-7-14(2)9-10/h5,8H,3-4,6-7,9H2,1-2H3. The van der Waals surface area contributed by atoms with Crippen LogP contribution in [-0.4, -0.2) is 40.0 Å². The number of rotatable bonds is 3. The van der Waals surface area contributed by atoms with Crippen molar-refractivity contribution in [3.63, 3.8) is 0 Å². The summed E-state index contributed by atoms with van der Waals surface area (Å²) in [6, 6.07) is 0. The van der Waals surface area contributed by atoms with E-state index < -0.39 is 0 Å². The van der Waals surface area contributed by atoms with Crippen LogP contribution >= 0.6 is 0 Å². The molecule has 2 rings (SSSR count). The molecule has 1 aliphatic rings. The van der Waals surface area contributed by atoms with E-state index in [0.29, 0.717) is 0 Å². The second-order valence-corrected chi connectivity index (χ2v) is 4.08. The van der Waals surface area contributed by atoms with Crippen molar-refractivity contribution in [2.45, 2.75) is 26.3 Å². The van der Waals surface area contributed by atoms with Gasteiger partial charge in [0.05, 0.1) is 12.7 Å². The molecule has 0 unspecified atom stereocenters. The molecule has 0 saturated heterocycles. The lowest BCUT2D eigenvalue weighted by atomic mass is 10.1. The van der Waals surface area contributed by atoms with E-state index in [9.17, 15) is 0 Å². The predicted octanol–water partition coefficient (Wildman–Crippen LogP) is 1.41. The molecule has 0 spiro atoms. The van der Waals surface area contributed by atoms with Crippen LogP contribution in [0.3, 0.4) is 0 Å². The van der Waals surface area contributed by atoms with Gasteiger partial charge in [-0.05, 0) is 25.5 Å². The highest BCUT2D eigenvalue weighted by atomic mass is 15.5. The predicted molar refractivity (Wildman–Crippen MR) is 60.4 cm³/mol. The Morgan fingerprint density at radius 1 is 1.47 bits per heavy atom. The number of aromatic nitrogens is 3. The van der Waals surface area contributed by atoms with E-state index in [4.69, 9.17) is 0 Å². The number of hydrogen-bond acceptors (Lipinski definition) is 3. The Balaban J connectivity index is 2.11. The second-order valence-electron chi connectivity index (χ2n) is 4.08. The van der Waals surface area contributed by atoms with Gasteiger partial charge in [-0.3, -0.25) is 0 Å². The van der Waals surface area contributed by atoms with Gasteiger partial charge in [-0.2, -0.15) is 15.0 Å². The first-order chi connectivity index (χ1) is 7.29. The van der Waals surface area contributed by atoms with Crippen LogP contribution in [-0.2, 0) is 6.54 Å². The maximum atomic E-state index is 4.47. The topological polar surface area (TPSA) is 34.0 Å². The Morgan fingerprint density at radius 2 is 2.33 bits per heavy atom. The molecule has 0 saturated carbocycles. The van der Waals surface area contributed by atoms with Crippen molar-refractivity contribution in [3.05, 3.63) is 18.0 Å². The van der Waals surface area contributed by atoms with E-state index >= 15 is 0 Å². The van der Waals surface area contributed by atoms with Crippen molar-refractivity contribution in [1.82, 2.24) is 19.9 Å². The SMILES string of the molecule is CCCn1ncc(C2=CCCN(C)C2)n1. The van der Waals surface area contributed by atoms with E-state index in [1.165, 1.54) is 5.57 Å². The fourth-order valence-electron chi connectivity index (χ4n) is 1.83. The first kappa shape index (κ1) is 10.4. The summed E-state index contributed by atoms with van der Waals surface area (Å²) in [5.74, 6) is 0. The molecule has 0 N–H and O–H groups in total. The van der Waals surface area contributed by atoms with Crippen LogP contribution in [0.1, 0.15) is 25.5 Å². The zero-order valence-electron chi connectivity index (χ0n) is 9.48. The van der Waals surface area contributed by atoms with Gasteiger partial charge in [-0.1, -0.05) is 13.0 Å². The fraction of sp³-hybridized carbons (Fsp3) is 0.636. The zero-order chi connectivity index (χ0) is 10.7. The van der Waals surface area contributed by atoms with Crippen LogP contribution in [0, 0.1) is 0 Å². The van der Waals surface area contributed by atoms with Gasteiger partial charge in [-0.25, -0.2) is 0 Å². The number of likely N-dealkylation sites (N-methyl/N-ethyl adjacent to an activating group) is 1. The van der Waals surface area contributed by atoms with E-state index in [1.807, 2.05) is 6.20 Å². The maximum Gasteiger partial charge on any atom is 0.110 e. The van der Waals surface area contributed by atoms with Crippen molar-refractivity contribution in [3.8, 4) is 0 Å². The molecule has 4 heteroatoms. The normalized spacial score (nSPS) is 17.9. The molecular weight excluding hydrogens is 188 g/mol. The minimum absolute atomic E-state index is 0.906. The summed E-state index contributed by atoms with van der Waals surface area (Å²) in [5.41, 5.74) is 2.35. The van der Waals surface area contributed by atoms with Crippen LogP contribution in [0.15, 0.2) is 12.3 Å². The number of nitrogens with zero attached hydrogens (tertiary/aromatic N) is 4. The molecule has 0 atom stereocenters. The summed E-state index contributed by atoms with van der Waals surface area (Å²) in [4.78, 5) is 4.10. The van der Waals surface area contributed by atoms with Crippen molar-refractivity contribution in [1.29, 1.82) is 0 Å². The molecule has 0 radical (unpaired) electrons. The summed E-state index contributed by atoms with van der Waals surface area (Å²) in [5, 5.41) is 8.72. The Hall–Kier alpha value is -1.16. The molecule has 1 aliphatic heterocycles. The van der Waals surface area contributed by atoms with Gasteiger partial charge in [0.1, 0.15) is 5.69 Å². The molecule has 1 aromatic rings. The van der Waals surface area contributed by atoms with E-state index in [1.54, 1.807) is 4.80 Å². The zero-order valence-corrected chi connectivity index (χ0v) is 9.48. The molecule has 1 aromatic heterocycles. The smallest absolute Gasteiger partial charge is 0.110 e. The minimum Gasteiger partial charge on any atom is -0.302 e. The number of aryl methyl sites for hydroxylation is 1. The quantitative estimate of drug-likeness (QED) is 0.749. The molecule has 2 heterocycles. The Labute approximate surface area is 90.6 Å². The largest absolute Gasteiger partial charge is 0.302 e. The van der Waals surface area contributed by atoms with Gasteiger partial charge in [0.25, 0.3) is 0 Å². The Kier molecular flexibility index (Phi) is 3.16. The van der Waals surface area contributed by atoms with E-state index in [2.05, 4.69) is 35.1 Å². The molecule has 0 fully saturated rings. The van der Waals surface area contributed by atoms with Gasteiger partial charge in [-0.15, -0.1) is 0 Å². The molecule has 0 amide bonds. The van der Waals surface area contributed by atoms with E-state index in [0.717, 1.165) is 38.2 Å². The average molecular weight is 206 g/mol. The third-order valence-electron chi connectivity index (χ3n) is 2.63. The average Bonchev–Trinajstić information content (AvgIpc) is 2.67. The molecule has 0 aromatic carbocycles. The summed E-state index contributed by atoms with van der Waals surface area (Å²) in [6.45, 7) is 5.18. The van der Waals surface area contributed by atoms with Crippen molar-refractivity contribution in [2.24, 2.45) is 0 Å². The second kappa shape index (κ2) is 4.57. The van der Waals surface area contributed by atoms with Crippen LogP contribution in [0.25, 0.3) is 5.57 Å². The molecule has 0 aliphatic carbocycles. The fourth-order valence-corrected chi connectivity index (χ4v) is 1.83. The highest BCUT2D eigenvalue weighted by Gasteiger charge is 2.12. The lowest BCUT2D eigenvalue weighted by Crippen LogP contribution is -2.25. The molecule has 15 heavy (non-hydrogen) atoms. The third kappa shape index (κ3) is 2.45. The van der Waals surface area contributed by atoms with Gasteiger partial charge < -0.3 is 4.90 Å². The van der Waals surface area contributed by atoms with Crippen LogP contribution in [0.5, 0.6) is 0 Å². The molecular formula is C11H18N4. The molecule has 0 bridgehead atoms. The molecule has 82 valence electrons. The number of hydrogen-bond donors (Lipinski definition) is 0. The maximum absolute atomic E-state index is 4.47. The van der Waals surface area contributed by atoms with Crippen LogP contribution in [0.4, 0.5) is 0 Å². The monoisotopic (exact) mass is 206 g/mol. The first-order valence-electron chi connectivity index (χ1n) is 5.57. The highest BCUT2D eigenvalue weighted by Crippen LogP contribution is 2.17. The van der Waals surface area contributed by atoms with Crippen LogP contribution in [0.2, 0.25) is 0 Å². The third-order valence-corrected chi connectivity index (χ3v) is 2.63. The summed E-state index contributed by atoms with van der Waals surface area (Å²) >= 11 is 0. The van der Waals surface area contributed by atoms with Gasteiger partial charge >= 0.3 is 0 Å². The van der Waals surface area contributed by atoms with Gasteiger partial charge in [0.15, 0.2) is 0 Å². The van der Waals surface area contributed by atoms with Gasteiger partial charge in [0, 0.05) is 13.1 Å². The first-order valence-corrected chi connectivity index (χ1v) is 5.57. The Bertz CT molecular complexity index is 353. The summed E-state index contributed by atoms with van der Waals surface area (Å²) < 4.78 is 0.